The van der Waals surface area contributed by atoms with Gasteiger partial charge in [-0.3, -0.25) is 29.6 Å². The Labute approximate surface area is 249 Å². The Morgan fingerprint density at radius 3 is 1.62 bits per heavy atom. The molecule has 12 nitrogen and oxygen atoms in total. The molecule has 0 spiro atoms. The standard InChI is InChI=1S/C5H7N2.C4H5NO2.2C4H7NO.C3H4N3.2Y/c1-4-3-6-5(2)7-4;6-3-1-2-4(7)5-3;6-4-1-2-5-3-4;6-4-2-1-3-5-4;1-3-4-2-5-6-3;;/h1-2H3,(H,6,7);1-2H2,(H,5,6,7);5H,1-3H2;1-3H2,(H,5,6);1H3,(H,4,5,6);;/q-1;;;;-1;;. The first-order valence-electron chi connectivity index (χ1n) is 10.2. The maximum absolute atomic E-state index is 10.2. The molecular formula is C20H30N8O4Y2-2. The van der Waals surface area contributed by atoms with E-state index in [1.807, 2.05) is 20.8 Å². The molecule has 3 fully saturated rings. The third kappa shape index (κ3) is 19.1. The maximum Gasteiger partial charge on any atom is 0.227 e. The Kier molecular flexibility index (Phi) is 21.7. The van der Waals surface area contributed by atoms with E-state index in [1.165, 1.54) is 0 Å². The molecule has 3 saturated heterocycles. The summed E-state index contributed by atoms with van der Waals surface area (Å²) in [5.74, 6) is 1.98. The fourth-order valence-electron chi connectivity index (χ4n) is 2.34. The molecule has 2 radical (unpaired) electrons. The van der Waals surface area contributed by atoms with Crippen LogP contribution in [0.2, 0.25) is 0 Å². The number of Topliss-reactive ketones (excluding diaryl/α,β-unsaturated/α-hetero) is 1. The molecule has 3 aliphatic rings. The molecule has 0 bridgehead atoms. The Balaban J connectivity index is 0. The molecule has 14 heteroatoms. The Morgan fingerprint density at radius 1 is 0.794 bits per heavy atom. The van der Waals surface area contributed by atoms with Gasteiger partial charge in [0.15, 0.2) is 0 Å². The van der Waals surface area contributed by atoms with Gasteiger partial charge in [-0.2, -0.15) is 0 Å². The van der Waals surface area contributed by atoms with E-state index in [9.17, 15) is 19.2 Å². The summed E-state index contributed by atoms with van der Waals surface area (Å²) < 4.78 is 0. The Hall–Kier alpha value is -1.20. The van der Waals surface area contributed by atoms with Gasteiger partial charge in [0.1, 0.15) is 5.78 Å². The molecule has 2 aromatic rings. The van der Waals surface area contributed by atoms with Crippen molar-refractivity contribution in [1.29, 1.82) is 0 Å². The van der Waals surface area contributed by atoms with Crippen LogP contribution in [-0.4, -0.2) is 68.3 Å². The van der Waals surface area contributed by atoms with Crippen molar-refractivity contribution in [3.05, 3.63) is 29.9 Å². The predicted molar refractivity (Wildman–Crippen MR) is 114 cm³/mol. The number of imide groups is 1. The van der Waals surface area contributed by atoms with Crippen molar-refractivity contribution in [1.82, 2.24) is 41.1 Å². The molecule has 5 N–H and O–H groups in total. The number of H-pyrrole nitrogens is 2. The number of carbonyl (C=O) groups excluding carboxylic acids is 4. The van der Waals surface area contributed by atoms with Crippen LogP contribution >= 0.6 is 0 Å². The van der Waals surface area contributed by atoms with Gasteiger partial charge in [-0.25, -0.2) is 0 Å². The minimum Gasteiger partial charge on any atom is -0.439 e. The second-order valence-corrected chi connectivity index (χ2v) is 6.97. The number of imidazole rings is 1. The number of carbonyl (C=O) groups is 4. The minimum atomic E-state index is -0.148. The smallest absolute Gasteiger partial charge is 0.227 e. The Morgan fingerprint density at radius 2 is 1.47 bits per heavy atom. The van der Waals surface area contributed by atoms with E-state index < -0.39 is 0 Å². The van der Waals surface area contributed by atoms with Gasteiger partial charge in [-0.15, -0.1) is 6.20 Å². The van der Waals surface area contributed by atoms with Crippen molar-refractivity contribution in [2.45, 2.75) is 52.9 Å². The van der Waals surface area contributed by atoms with Gasteiger partial charge in [0.05, 0.1) is 6.54 Å². The normalized spacial score (nSPS) is 15.3. The summed E-state index contributed by atoms with van der Waals surface area (Å²) in [5.41, 5.74) is 0.998. The second-order valence-electron chi connectivity index (χ2n) is 6.97. The molecule has 0 aliphatic carbocycles. The second kappa shape index (κ2) is 21.1. The van der Waals surface area contributed by atoms with Crippen LogP contribution < -0.4 is 16.0 Å². The average Bonchev–Trinajstić information content (AvgIpc) is 3.55. The molecule has 5 rings (SSSR count). The number of nitrogens with zero attached hydrogens (tertiary/aromatic N) is 3. The van der Waals surface area contributed by atoms with Gasteiger partial charge in [0.2, 0.25) is 17.7 Å². The molecule has 182 valence electrons. The summed E-state index contributed by atoms with van der Waals surface area (Å²) >= 11 is 0. The van der Waals surface area contributed by atoms with Crippen LogP contribution in [0.4, 0.5) is 0 Å². The van der Waals surface area contributed by atoms with E-state index in [2.05, 4.69) is 53.6 Å². The first-order valence-corrected chi connectivity index (χ1v) is 10.2. The van der Waals surface area contributed by atoms with Crippen LogP contribution in [0.3, 0.4) is 0 Å². The molecule has 0 atom stereocenters. The van der Waals surface area contributed by atoms with Crippen molar-refractivity contribution in [2.75, 3.05) is 19.6 Å². The monoisotopic (exact) mass is 624 g/mol. The number of amides is 3. The Bertz CT molecular complexity index is 792. The topological polar surface area (TPSA) is 175 Å². The summed E-state index contributed by atoms with van der Waals surface area (Å²) in [7, 11) is 0. The van der Waals surface area contributed by atoms with Gasteiger partial charge in [-0.05, 0) is 25.5 Å². The summed E-state index contributed by atoms with van der Waals surface area (Å²) in [5, 5.41) is 13.8. The van der Waals surface area contributed by atoms with Gasteiger partial charge < -0.3 is 30.7 Å². The van der Waals surface area contributed by atoms with Crippen LogP contribution in [0.25, 0.3) is 0 Å². The molecule has 2 aromatic heterocycles. The van der Waals surface area contributed by atoms with Gasteiger partial charge in [-0.1, -0.05) is 25.4 Å². The van der Waals surface area contributed by atoms with Crippen molar-refractivity contribution < 1.29 is 84.6 Å². The quantitative estimate of drug-likeness (QED) is 0.195. The summed E-state index contributed by atoms with van der Waals surface area (Å²) in [6.07, 6.45) is 8.38. The molecule has 0 aromatic carbocycles. The maximum atomic E-state index is 10.2. The van der Waals surface area contributed by atoms with Crippen molar-refractivity contribution in [2.24, 2.45) is 0 Å². The third-order valence-corrected chi connectivity index (χ3v) is 3.91. The molecule has 3 amide bonds. The van der Waals surface area contributed by atoms with Crippen LogP contribution in [0, 0.1) is 33.3 Å². The van der Waals surface area contributed by atoms with E-state index in [-0.39, 0.29) is 83.1 Å². The van der Waals surface area contributed by atoms with Gasteiger partial charge >= 0.3 is 0 Å². The summed E-state index contributed by atoms with van der Waals surface area (Å²) in [4.78, 5) is 51.0. The summed E-state index contributed by atoms with van der Waals surface area (Å²) in [6.45, 7) is 8.03. The van der Waals surface area contributed by atoms with Crippen LogP contribution in [-0.2, 0) is 84.6 Å². The molecule has 5 heterocycles. The van der Waals surface area contributed by atoms with Gasteiger partial charge in [0.25, 0.3) is 0 Å². The number of rotatable bonds is 0. The molecule has 3 aliphatic heterocycles. The van der Waals surface area contributed by atoms with E-state index in [0.717, 1.165) is 49.7 Å². The van der Waals surface area contributed by atoms with E-state index in [1.54, 1.807) is 0 Å². The van der Waals surface area contributed by atoms with E-state index in [4.69, 9.17) is 0 Å². The first kappa shape index (κ1) is 35.0. The SMILES string of the molecule is Cc1[c-]nc(C)[nH]1.Cc1n[c-]n[nH]1.O=C1CCC(=O)N1.O=C1CCCN1.O=C1CCNC1.[Y].[Y]. The van der Waals surface area contributed by atoms with Crippen LogP contribution in [0.5, 0.6) is 0 Å². The molecular weight excluding hydrogens is 594 g/mol. The van der Waals surface area contributed by atoms with E-state index in [0.29, 0.717) is 25.2 Å². The fraction of sp³-hybridized carbons (Fsp3) is 0.550. The molecule has 34 heavy (non-hydrogen) atoms. The zero-order valence-electron chi connectivity index (χ0n) is 19.8. The van der Waals surface area contributed by atoms with Crippen molar-refractivity contribution >= 4 is 23.5 Å². The third-order valence-electron chi connectivity index (χ3n) is 3.91. The van der Waals surface area contributed by atoms with Crippen molar-refractivity contribution in [3.8, 4) is 0 Å². The van der Waals surface area contributed by atoms with Crippen LogP contribution in [0.15, 0.2) is 0 Å². The van der Waals surface area contributed by atoms with Crippen molar-refractivity contribution in [3.63, 3.8) is 0 Å². The molecule has 0 unspecified atom stereocenters. The number of aromatic amines is 2. The summed E-state index contributed by atoms with van der Waals surface area (Å²) in [6, 6.07) is 0. The number of hydrogen-bond acceptors (Lipinski definition) is 8. The van der Waals surface area contributed by atoms with Gasteiger partial charge in [0, 0.05) is 104 Å². The van der Waals surface area contributed by atoms with E-state index >= 15 is 0 Å². The average molecular weight is 624 g/mol. The molecule has 0 saturated carbocycles. The first-order chi connectivity index (χ1) is 15.3. The number of ketones is 1. The predicted octanol–water partition coefficient (Wildman–Crippen LogP) is -0.397. The largest absolute Gasteiger partial charge is 0.439 e. The zero-order chi connectivity index (χ0) is 23.8. The fourth-order valence-corrected chi connectivity index (χ4v) is 2.34. The van der Waals surface area contributed by atoms with Crippen LogP contribution in [0.1, 0.15) is 49.4 Å². The number of aromatic nitrogens is 5. The number of hydrogen-bond donors (Lipinski definition) is 5. The number of aryl methyl sites for hydroxylation is 3. The zero-order valence-corrected chi connectivity index (χ0v) is 25.5. The number of nitrogens with one attached hydrogen (secondary N) is 5. The minimum absolute atomic E-state index is 0.